The van der Waals surface area contributed by atoms with Gasteiger partial charge in [-0.3, -0.25) is 0 Å². The van der Waals surface area contributed by atoms with Crippen molar-refractivity contribution in [1.82, 2.24) is 5.32 Å². The average Bonchev–Trinajstić information content (AvgIpc) is 2.75. The van der Waals surface area contributed by atoms with Crippen LogP contribution in [-0.2, 0) is 0 Å². The average molecular weight is 316 g/mol. The molecule has 1 N–H and O–H groups in total. The second-order valence-corrected chi connectivity index (χ2v) is 8.92. The van der Waals surface area contributed by atoms with Crippen molar-refractivity contribution in [3.63, 3.8) is 0 Å². The van der Waals surface area contributed by atoms with Crippen molar-refractivity contribution >= 4 is 0 Å². The zero-order chi connectivity index (χ0) is 16.4. The lowest BCUT2D eigenvalue weighted by Crippen LogP contribution is -2.38. The van der Waals surface area contributed by atoms with Crippen molar-refractivity contribution in [3.05, 3.63) is 23.5 Å². The van der Waals surface area contributed by atoms with Gasteiger partial charge in [0.15, 0.2) is 0 Å². The van der Waals surface area contributed by atoms with Gasteiger partial charge >= 0.3 is 0 Å². The van der Waals surface area contributed by atoms with Crippen LogP contribution in [0.5, 0.6) is 0 Å². The number of hydrogen-bond donors (Lipinski definition) is 1. The monoisotopic (exact) mass is 315 g/mol. The highest BCUT2D eigenvalue weighted by atomic mass is 14.9. The second kappa shape index (κ2) is 7.03. The lowest BCUT2D eigenvalue weighted by atomic mass is 9.69. The predicted octanol–water partition coefficient (Wildman–Crippen LogP) is 6.57. The molecule has 0 bridgehead atoms. The quantitative estimate of drug-likeness (QED) is 0.607. The zero-order valence-electron chi connectivity index (χ0n) is 15.7. The van der Waals surface area contributed by atoms with E-state index in [1.54, 1.807) is 11.3 Å². The van der Waals surface area contributed by atoms with Crippen molar-refractivity contribution in [2.45, 2.75) is 91.4 Å². The van der Waals surface area contributed by atoms with Crippen LogP contribution in [0.3, 0.4) is 0 Å². The molecule has 1 aliphatic heterocycles. The Hall–Kier alpha value is -0.720. The van der Waals surface area contributed by atoms with Gasteiger partial charge in [0.1, 0.15) is 0 Å². The minimum absolute atomic E-state index is 0.361. The Kier molecular flexibility index (Phi) is 5.23. The van der Waals surface area contributed by atoms with E-state index >= 15 is 0 Å². The van der Waals surface area contributed by atoms with E-state index in [1.165, 1.54) is 76.3 Å². The fourth-order valence-corrected chi connectivity index (χ4v) is 5.48. The van der Waals surface area contributed by atoms with Crippen LogP contribution in [0, 0.1) is 23.2 Å². The molecule has 1 heteroatoms. The van der Waals surface area contributed by atoms with Crippen LogP contribution < -0.4 is 5.32 Å². The fourth-order valence-electron chi connectivity index (χ4n) is 5.48. The van der Waals surface area contributed by atoms with Crippen molar-refractivity contribution < 1.29 is 0 Å². The first kappa shape index (κ1) is 17.1. The molecule has 0 saturated heterocycles. The summed E-state index contributed by atoms with van der Waals surface area (Å²) in [5.74, 6) is 2.65. The lowest BCUT2D eigenvalue weighted by molar-refractivity contribution is 0.251. The summed E-state index contributed by atoms with van der Waals surface area (Å²) in [6, 6.07) is 0. The van der Waals surface area contributed by atoms with Gasteiger partial charge in [0.05, 0.1) is 0 Å². The third kappa shape index (κ3) is 3.54. The summed E-state index contributed by atoms with van der Waals surface area (Å²) in [5.41, 5.74) is 4.92. The van der Waals surface area contributed by atoms with Gasteiger partial charge in [-0.05, 0) is 63.2 Å². The van der Waals surface area contributed by atoms with E-state index in [1.807, 2.05) is 0 Å². The SMILES string of the molecule is C=C1NC(C2CCC(C)CC2)=C(C)CC12CCCC(CC)CC2. The molecular weight excluding hydrogens is 278 g/mol. The van der Waals surface area contributed by atoms with E-state index < -0.39 is 0 Å². The number of nitrogens with one attached hydrogen (secondary N) is 1. The van der Waals surface area contributed by atoms with Gasteiger partial charge in [-0.2, -0.15) is 0 Å². The van der Waals surface area contributed by atoms with Crippen molar-refractivity contribution in [3.8, 4) is 0 Å². The minimum Gasteiger partial charge on any atom is -0.362 e. The molecule has 3 rings (SSSR count). The largest absolute Gasteiger partial charge is 0.362 e. The first-order valence-electron chi connectivity index (χ1n) is 10.2. The molecule has 2 saturated carbocycles. The summed E-state index contributed by atoms with van der Waals surface area (Å²) in [4.78, 5) is 0. The molecule has 0 aromatic rings. The Morgan fingerprint density at radius 3 is 2.52 bits per heavy atom. The number of allylic oxidation sites excluding steroid dienone is 3. The van der Waals surface area contributed by atoms with Crippen LogP contribution >= 0.6 is 0 Å². The van der Waals surface area contributed by atoms with Crippen molar-refractivity contribution in [2.75, 3.05) is 0 Å². The smallest absolute Gasteiger partial charge is 0.0169 e. The maximum atomic E-state index is 4.53. The molecular formula is C22H37N. The normalized spacial score (nSPS) is 39.3. The van der Waals surface area contributed by atoms with E-state index in [4.69, 9.17) is 0 Å². The van der Waals surface area contributed by atoms with E-state index in [0.717, 1.165) is 17.8 Å². The van der Waals surface area contributed by atoms with Crippen LogP contribution in [0.1, 0.15) is 91.4 Å². The number of hydrogen-bond acceptors (Lipinski definition) is 1. The second-order valence-electron chi connectivity index (χ2n) is 8.92. The molecule has 1 heterocycles. The third-order valence-corrected chi connectivity index (χ3v) is 7.29. The highest BCUT2D eigenvalue weighted by Gasteiger charge is 2.40. The highest BCUT2D eigenvalue weighted by molar-refractivity contribution is 5.30. The van der Waals surface area contributed by atoms with Gasteiger partial charge in [0.25, 0.3) is 0 Å². The molecule has 3 aliphatic rings. The molecule has 2 fully saturated rings. The zero-order valence-corrected chi connectivity index (χ0v) is 15.7. The molecule has 0 aromatic carbocycles. The third-order valence-electron chi connectivity index (χ3n) is 7.29. The molecule has 0 aromatic heterocycles. The molecule has 2 atom stereocenters. The molecule has 2 aliphatic carbocycles. The van der Waals surface area contributed by atoms with E-state index in [-0.39, 0.29) is 0 Å². The van der Waals surface area contributed by atoms with Gasteiger partial charge in [0.2, 0.25) is 0 Å². The highest BCUT2D eigenvalue weighted by Crippen LogP contribution is 2.50. The van der Waals surface area contributed by atoms with Gasteiger partial charge in [-0.1, -0.05) is 58.1 Å². The predicted molar refractivity (Wildman–Crippen MR) is 100 cm³/mol. The Morgan fingerprint density at radius 2 is 1.83 bits per heavy atom. The molecule has 130 valence electrons. The molecule has 0 amide bonds. The van der Waals surface area contributed by atoms with E-state index in [2.05, 4.69) is 32.7 Å². The molecule has 2 unspecified atom stereocenters. The van der Waals surface area contributed by atoms with Gasteiger partial charge in [0, 0.05) is 16.8 Å². The maximum absolute atomic E-state index is 4.53. The Balaban J connectivity index is 1.74. The van der Waals surface area contributed by atoms with Crippen LogP contribution in [0.2, 0.25) is 0 Å². The summed E-state index contributed by atoms with van der Waals surface area (Å²) in [7, 11) is 0. The standard InChI is InChI=1S/C22H37N/c1-5-19-7-6-13-22(14-12-19)15-17(3)21(23-18(22)4)20-10-8-16(2)9-11-20/h16,19-20,23H,4-15H2,1-3H3. The van der Waals surface area contributed by atoms with Gasteiger partial charge < -0.3 is 5.32 Å². The van der Waals surface area contributed by atoms with Crippen LogP contribution in [0.25, 0.3) is 0 Å². The Bertz CT molecular complexity index is 466. The topological polar surface area (TPSA) is 12.0 Å². The molecule has 1 nitrogen and oxygen atoms in total. The molecule has 0 radical (unpaired) electrons. The maximum Gasteiger partial charge on any atom is 0.0169 e. The Labute approximate surface area is 144 Å². The summed E-state index contributed by atoms with van der Waals surface area (Å²) >= 11 is 0. The number of rotatable bonds is 2. The van der Waals surface area contributed by atoms with Crippen molar-refractivity contribution in [1.29, 1.82) is 0 Å². The molecule has 23 heavy (non-hydrogen) atoms. The molecule has 1 spiro atoms. The Morgan fingerprint density at radius 1 is 1.09 bits per heavy atom. The van der Waals surface area contributed by atoms with Gasteiger partial charge in [-0.15, -0.1) is 0 Å². The lowest BCUT2D eigenvalue weighted by Gasteiger charge is -2.43. The van der Waals surface area contributed by atoms with E-state index in [9.17, 15) is 0 Å². The van der Waals surface area contributed by atoms with E-state index in [0.29, 0.717) is 5.41 Å². The van der Waals surface area contributed by atoms with Crippen molar-refractivity contribution in [2.24, 2.45) is 23.2 Å². The summed E-state index contributed by atoms with van der Waals surface area (Å²) < 4.78 is 0. The van der Waals surface area contributed by atoms with Crippen LogP contribution in [-0.4, -0.2) is 0 Å². The van der Waals surface area contributed by atoms with Gasteiger partial charge in [-0.25, -0.2) is 0 Å². The summed E-state index contributed by atoms with van der Waals surface area (Å²) in [5, 5.41) is 3.86. The first-order valence-corrected chi connectivity index (χ1v) is 10.2. The summed E-state index contributed by atoms with van der Waals surface area (Å²) in [6.45, 7) is 11.7. The first-order chi connectivity index (χ1) is 11.0. The minimum atomic E-state index is 0.361. The van der Waals surface area contributed by atoms with Crippen LogP contribution in [0.4, 0.5) is 0 Å². The van der Waals surface area contributed by atoms with Crippen LogP contribution in [0.15, 0.2) is 23.5 Å². The fraction of sp³-hybridized carbons (Fsp3) is 0.818. The summed E-state index contributed by atoms with van der Waals surface area (Å²) in [6.07, 6.45) is 15.1.